The molecule has 3 aromatic heterocycles. The molecule has 0 aromatic carbocycles. The number of carbonyl (C=O) groups excluding carboxylic acids is 4. The molecule has 4 heterocycles. The first kappa shape index (κ1) is 31.7. The van der Waals surface area contributed by atoms with Crippen LogP contribution in [0.4, 0.5) is 16.0 Å². The van der Waals surface area contributed by atoms with Crippen LogP contribution in [-0.2, 0) is 14.3 Å². The van der Waals surface area contributed by atoms with E-state index in [9.17, 15) is 23.6 Å². The standard InChI is InChI=1S/C28H32FN7O5.H3N.H2/c1-2-41-22(38)8-4-3-7-21(37)18-6-5-10-32-27(18)35-12-14-36(15-13-35)28(40)25(39)19-16-33-24-23(19)20(29)17-34-26(24)31-11-9-30;;/h5-6,9-11,16-17,33H,2-4,7-8,12-15,30H2,1H3,(H,31,34);1H3;1H/b11-9-;;. The van der Waals surface area contributed by atoms with E-state index < -0.39 is 17.5 Å². The summed E-state index contributed by atoms with van der Waals surface area (Å²) < 4.78 is 19.6. The number of nitrogens with zero attached hydrogens (tertiary/aromatic N) is 4. The third-order valence-electron chi connectivity index (χ3n) is 6.71. The molecule has 0 saturated carbocycles. The van der Waals surface area contributed by atoms with Crippen LogP contribution in [0, 0.1) is 5.82 Å². The highest BCUT2D eigenvalue weighted by molar-refractivity contribution is 6.45. The van der Waals surface area contributed by atoms with Crippen LogP contribution < -0.4 is 22.1 Å². The number of ketones is 2. The van der Waals surface area contributed by atoms with Crippen molar-refractivity contribution in [2.75, 3.05) is 43.0 Å². The van der Waals surface area contributed by atoms with Gasteiger partial charge in [-0.1, -0.05) is 0 Å². The van der Waals surface area contributed by atoms with E-state index in [0.717, 1.165) is 6.20 Å². The minimum Gasteiger partial charge on any atom is -0.466 e. The molecule has 4 rings (SSSR count). The Morgan fingerprint density at radius 3 is 2.60 bits per heavy atom. The Kier molecular flexibility index (Phi) is 11.1. The highest BCUT2D eigenvalue weighted by atomic mass is 19.1. The quantitative estimate of drug-likeness (QED) is 0.105. The van der Waals surface area contributed by atoms with Crippen molar-refractivity contribution in [2.45, 2.75) is 32.6 Å². The number of hydrogen-bond donors (Lipinski definition) is 4. The second-order valence-electron chi connectivity index (χ2n) is 9.33. The average molecular weight is 585 g/mol. The first-order valence-electron chi connectivity index (χ1n) is 13.4. The Labute approximate surface area is 243 Å². The van der Waals surface area contributed by atoms with Crippen LogP contribution >= 0.6 is 0 Å². The summed E-state index contributed by atoms with van der Waals surface area (Å²) in [6.07, 6.45) is 8.13. The lowest BCUT2D eigenvalue weighted by molar-refractivity contribution is -0.143. The second kappa shape index (κ2) is 14.7. The molecule has 13 nitrogen and oxygen atoms in total. The summed E-state index contributed by atoms with van der Waals surface area (Å²) >= 11 is 0. The van der Waals surface area contributed by atoms with Crippen LogP contribution in [0.1, 0.15) is 54.7 Å². The SMILES string of the molecule is CCOC(=O)CCCCC(=O)c1cccnc1N1CCN(C(=O)C(=O)c2c[nH]c3c(N/C=C\N)ncc(F)c23)CC1.N.[HH]. The van der Waals surface area contributed by atoms with Crippen molar-refractivity contribution in [2.24, 2.45) is 5.73 Å². The summed E-state index contributed by atoms with van der Waals surface area (Å²) in [7, 11) is 0. The van der Waals surface area contributed by atoms with Crippen molar-refractivity contribution in [1.29, 1.82) is 0 Å². The molecule has 0 aliphatic carbocycles. The second-order valence-corrected chi connectivity index (χ2v) is 9.33. The number of piperazine rings is 1. The smallest absolute Gasteiger partial charge is 0.305 e. The molecule has 0 atom stereocenters. The van der Waals surface area contributed by atoms with Crippen molar-refractivity contribution in [1.82, 2.24) is 26.0 Å². The van der Waals surface area contributed by atoms with Crippen LogP contribution in [0.15, 0.2) is 43.1 Å². The zero-order valence-electron chi connectivity index (χ0n) is 23.4. The van der Waals surface area contributed by atoms with E-state index in [1.807, 2.05) is 4.90 Å². The molecule has 3 aromatic rings. The van der Waals surface area contributed by atoms with Crippen molar-refractivity contribution >= 4 is 46.0 Å². The number of pyridine rings is 2. The number of hydrogen-bond acceptors (Lipinski definition) is 11. The predicted octanol–water partition coefficient (Wildman–Crippen LogP) is 3.18. The maximum atomic E-state index is 14.7. The molecule has 7 N–H and O–H groups in total. The monoisotopic (exact) mass is 584 g/mol. The van der Waals surface area contributed by atoms with Crippen LogP contribution in [0.5, 0.6) is 0 Å². The molecule has 0 spiro atoms. The highest BCUT2D eigenvalue weighted by Crippen LogP contribution is 2.28. The maximum Gasteiger partial charge on any atom is 0.305 e. The number of amides is 1. The number of anilines is 2. The van der Waals surface area contributed by atoms with E-state index in [4.69, 9.17) is 10.5 Å². The van der Waals surface area contributed by atoms with Gasteiger partial charge in [0.05, 0.1) is 34.8 Å². The molecule has 1 fully saturated rings. The van der Waals surface area contributed by atoms with Crippen LogP contribution in [0.2, 0.25) is 0 Å². The number of aromatic nitrogens is 3. The number of rotatable bonds is 12. The Morgan fingerprint density at radius 2 is 1.88 bits per heavy atom. The topological polar surface area (TPSA) is 199 Å². The number of fused-ring (bicyclic) bond motifs is 1. The molecule has 1 saturated heterocycles. The van der Waals surface area contributed by atoms with Crippen molar-refractivity contribution in [3.8, 4) is 0 Å². The number of unbranched alkanes of at least 4 members (excludes halogenated alkanes) is 1. The summed E-state index contributed by atoms with van der Waals surface area (Å²) in [6.45, 7) is 3.22. The highest BCUT2D eigenvalue weighted by Gasteiger charge is 2.31. The summed E-state index contributed by atoms with van der Waals surface area (Å²) in [5.74, 6) is -1.93. The zero-order chi connectivity index (χ0) is 29.4. The van der Waals surface area contributed by atoms with E-state index in [1.54, 1.807) is 25.3 Å². The van der Waals surface area contributed by atoms with E-state index in [0.29, 0.717) is 43.9 Å². The van der Waals surface area contributed by atoms with Gasteiger partial charge >= 0.3 is 5.97 Å². The number of halogens is 1. The molecule has 1 amide bonds. The summed E-state index contributed by atoms with van der Waals surface area (Å²) in [6, 6.07) is 3.40. The lowest BCUT2D eigenvalue weighted by Gasteiger charge is -2.35. The molecular weight excluding hydrogens is 547 g/mol. The molecule has 226 valence electrons. The van der Waals surface area contributed by atoms with Crippen molar-refractivity contribution in [3.63, 3.8) is 0 Å². The van der Waals surface area contributed by atoms with Gasteiger partial charge in [-0.15, -0.1) is 0 Å². The van der Waals surface area contributed by atoms with Gasteiger partial charge in [-0.2, -0.15) is 0 Å². The first-order chi connectivity index (χ1) is 19.8. The molecule has 14 heteroatoms. The number of ether oxygens (including phenoxy) is 1. The minimum absolute atomic E-state index is 0. The number of Topliss-reactive ketones (excluding diaryl/α,β-unsaturated/α-hetero) is 2. The van der Waals surface area contributed by atoms with Gasteiger partial charge in [0, 0.05) is 65.2 Å². The fourth-order valence-electron chi connectivity index (χ4n) is 4.69. The van der Waals surface area contributed by atoms with Gasteiger partial charge in [-0.25, -0.2) is 14.4 Å². The summed E-state index contributed by atoms with van der Waals surface area (Å²) in [5, 5.41) is 2.75. The van der Waals surface area contributed by atoms with Crippen LogP contribution in [0.25, 0.3) is 10.9 Å². The summed E-state index contributed by atoms with van der Waals surface area (Å²) in [4.78, 5) is 65.2. The number of carbonyl (C=O) groups is 4. The average Bonchev–Trinajstić information content (AvgIpc) is 3.45. The summed E-state index contributed by atoms with van der Waals surface area (Å²) in [5.41, 5.74) is 5.95. The van der Waals surface area contributed by atoms with E-state index in [2.05, 4.69) is 20.3 Å². The third-order valence-corrected chi connectivity index (χ3v) is 6.71. The van der Waals surface area contributed by atoms with Gasteiger partial charge in [-0.3, -0.25) is 19.2 Å². The molecule has 1 aliphatic rings. The molecule has 42 heavy (non-hydrogen) atoms. The van der Waals surface area contributed by atoms with Gasteiger partial charge < -0.3 is 36.7 Å². The Hall–Kier alpha value is -4.85. The lowest BCUT2D eigenvalue weighted by Crippen LogP contribution is -2.51. The molecule has 0 unspecified atom stereocenters. The van der Waals surface area contributed by atoms with E-state index >= 15 is 0 Å². The molecule has 0 bridgehead atoms. The number of nitrogens with one attached hydrogen (secondary N) is 2. The Bertz CT molecular complexity index is 1470. The third kappa shape index (κ3) is 7.07. The largest absolute Gasteiger partial charge is 0.466 e. The Morgan fingerprint density at radius 1 is 1.14 bits per heavy atom. The molecule has 0 radical (unpaired) electrons. The fraction of sp³-hybridized carbons (Fsp3) is 0.357. The minimum atomic E-state index is -0.841. The van der Waals surface area contributed by atoms with Gasteiger partial charge in [0.2, 0.25) is 0 Å². The maximum absolute atomic E-state index is 14.7. The fourth-order valence-corrected chi connectivity index (χ4v) is 4.69. The van der Waals surface area contributed by atoms with E-state index in [1.165, 1.54) is 23.5 Å². The van der Waals surface area contributed by atoms with Gasteiger partial charge in [0.15, 0.2) is 17.4 Å². The lowest BCUT2D eigenvalue weighted by atomic mass is 10.0. The molecule has 1 aliphatic heterocycles. The Balaban J connectivity index is 0.00000323. The number of aromatic amines is 1. The predicted molar refractivity (Wildman–Crippen MR) is 157 cm³/mol. The van der Waals surface area contributed by atoms with Crippen LogP contribution in [0.3, 0.4) is 0 Å². The normalized spacial score (nSPS) is 13.2. The van der Waals surface area contributed by atoms with Crippen molar-refractivity contribution in [3.05, 3.63) is 60.1 Å². The van der Waals surface area contributed by atoms with Crippen molar-refractivity contribution < 1.29 is 29.7 Å². The number of H-pyrrole nitrogens is 1. The number of esters is 1. The first-order valence-corrected chi connectivity index (χ1v) is 13.4. The number of nitrogens with two attached hydrogens (primary N) is 1. The van der Waals surface area contributed by atoms with E-state index in [-0.39, 0.29) is 67.5 Å². The van der Waals surface area contributed by atoms with Crippen LogP contribution in [-0.4, -0.2) is 76.1 Å². The van der Waals surface area contributed by atoms with Gasteiger partial charge in [0.25, 0.3) is 11.7 Å². The zero-order valence-corrected chi connectivity index (χ0v) is 23.4. The molecular formula is C28H37FN8O5. The van der Waals surface area contributed by atoms with Gasteiger partial charge in [0.1, 0.15) is 5.82 Å². The van der Waals surface area contributed by atoms with Gasteiger partial charge in [-0.05, 0) is 31.9 Å².